The number of rotatable bonds is 0. The SMILES string of the molecule is NC(=O)n1oc(=O)c2ccccc21. The Kier molecular flexibility index (Phi) is 1.45. The van der Waals surface area contributed by atoms with E-state index in [4.69, 9.17) is 5.73 Å². The molecule has 0 atom stereocenters. The van der Waals surface area contributed by atoms with Crippen LogP contribution in [0.4, 0.5) is 4.79 Å². The molecule has 2 rings (SSSR count). The minimum Gasteiger partial charge on any atom is -0.349 e. The lowest BCUT2D eigenvalue weighted by atomic mass is 10.2. The van der Waals surface area contributed by atoms with E-state index in [-0.39, 0.29) is 0 Å². The van der Waals surface area contributed by atoms with Crippen molar-refractivity contribution >= 4 is 16.9 Å². The fourth-order valence-electron chi connectivity index (χ4n) is 1.17. The first-order valence-corrected chi connectivity index (χ1v) is 3.61. The Hall–Kier alpha value is -2.04. The third-order valence-electron chi connectivity index (χ3n) is 1.72. The monoisotopic (exact) mass is 178 g/mol. The predicted octanol–water partition coefficient (Wildman–Crippen LogP) is 0.521. The Morgan fingerprint density at radius 2 is 2.08 bits per heavy atom. The van der Waals surface area contributed by atoms with Gasteiger partial charge in [-0.2, -0.15) is 0 Å². The van der Waals surface area contributed by atoms with Gasteiger partial charge in [0, 0.05) is 0 Å². The van der Waals surface area contributed by atoms with E-state index in [0.29, 0.717) is 10.9 Å². The summed E-state index contributed by atoms with van der Waals surface area (Å²) in [5, 5.41) is 0.348. The molecule has 1 amide bonds. The highest BCUT2D eigenvalue weighted by molar-refractivity contribution is 5.87. The van der Waals surface area contributed by atoms with Crippen molar-refractivity contribution in [3.63, 3.8) is 0 Å². The molecule has 1 aromatic carbocycles. The number of hydrogen-bond acceptors (Lipinski definition) is 3. The quantitative estimate of drug-likeness (QED) is 0.638. The topological polar surface area (TPSA) is 78.2 Å². The molecule has 0 saturated carbocycles. The van der Waals surface area contributed by atoms with Gasteiger partial charge >= 0.3 is 11.7 Å². The van der Waals surface area contributed by atoms with Crippen LogP contribution in [-0.4, -0.2) is 10.8 Å². The van der Waals surface area contributed by atoms with Gasteiger partial charge in [-0.15, -0.1) is 4.74 Å². The molecule has 2 N–H and O–H groups in total. The third kappa shape index (κ3) is 1.01. The van der Waals surface area contributed by atoms with Crippen LogP contribution in [-0.2, 0) is 0 Å². The molecule has 0 aliphatic carbocycles. The molecular formula is C8H6N2O3. The van der Waals surface area contributed by atoms with Crippen LogP contribution in [0.1, 0.15) is 0 Å². The summed E-state index contributed by atoms with van der Waals surface area (Å²) in [6, 6.07) is 5.73. The number of primary amides is 1. The maximum Gasteiger partial charge on any atom is 0.366 e. The average Bonchev–Trinajstić information content (AvgIpc) is 2.45. The highest BCUT2D eigenvalue weighted by atomic mass is 16.5. The Balaban J connectivity index is 2.94. The van der Waals surface area contributed by atoms with Gasteiger partial charge in [-0.1, -0.05) is 12.1 Å². The zero-order valence-corrected chi connectivity index (χ0v) is 6.56. The van der Waals surface area contributed by atoms with E-state index in [2.05, 4.69) is 4.52 Å². The van der Waals surface area contributed by atoms with Crippen LogP contribution in [0.2, 0.25) is 0 Å². The molecule has 13 heavy (non-hydrogen) atoms. The van der Waals surface area contributed by atoms with Gasteiger partial charge < -0.3 is 10.3 Å². The second kappa shape index (κ2) is 2.48. The molecule has 2 aromatic rings. The molecule has 0 fully saturated rings. The fourth-order valence-corrected chi connectivity index (χ4v) is 1.17. The first kappa shape index (κ1) is 7.60. The number of carbonyl (C=O) groups is 1. The summed E-state index contributed by atoms with van der Waals surface area (Å²) in [7, 11) is 0. The van der Waals surface area contributed by atoms with Gasteiger partial charge in [0.1, 0.15) is 5.52 Å². The first-order valence-electron chi connectivity index (χ1n) is 3.61. The van der Waals surface area contributed by atoms with Crippen molar-refractivity contribution in [3.05, 3.63) is 34.7 Å². The number of para-hydroxylation sites is 1. The molecular weight excluding hydrogens is 172 g/mol. The maximum absolute atomic E-state index is 11.1. The molecule has 66 valence electrons. The van der Waals surface area contributed by atoms with Crippen LogP contribution < -0.4 is 11.4 Å². The largest absolute Gasteiger partial charge is 0.366 e. The predicted molar refractivity (Wildman–Crippen MR) is 45.5 cm³/mol. The van der Waals surface area contributed by atoms with Crippen molar-refractivity contribution in [3.8, 4) is 0 Å². The Bertz CT molecular complexity index is 523. The number of fused-ring (bicyclic) bond motifs is 1. The van der Waals surface area contributed by atoms with E-state index < -0.39 is 11.7 Å². The van der Waals surface area contributed by atoms with E-state index in [9.17, 15) is 9.59 Å². The van der Waals surface area contributed by atoms with E-state index in [1.54, 1.807) is 24.3 Å². The van der Waals surface area contributed by atoms with E-state index in [1.807, 2.05) is 0 Å². The van der Waals surface area contributed by atoms with Crippen LogP contribution in [0.15, 0.2) is 33.6 Å². The highest BCUT2D eigenvalue weighted by Gasteiger charge is 2.10. The van der Waals surface area contributed by atoms with Crippen molar-refractivity contribution in [2.24, 2.45) is 5.73 Å². The molecule has 0 radical (unpaired) electrons. The maximum atomic E-state index is 11.1. The van der Waals surface area contributed by atoms with Crippen LogP contribution in [0, 0.1) is 0 Å². The summed E-state index contributed by atoms with van der Waals surface area (Å²) >= 11 is 0. The minimum atomic E-state index is -0.807. The number of nitrogens with two attached hydrogens (primary N) is 1. The molecule has 1 aromatic heterocycles. The van der Waals surface area contributed by atoms with Gasteiger partial charge in [-0.3, -0.25) is 0 Å². The molecule has 0 bridgehead atoms. The number of benzene rings is 1. The molecule has 0 unspecified atom stereocenters. The smallest absolute Gasteiger partial charge is 0.349 e. The van der Waals surface area contributed by atoms with Crippen molar-refractivity contribution in [1.29, 1.82) is 0 Å². The Morgan fingerprint density at radius 1 is 1.38 bits per heavy atom. The van der Waals surface area contributed by atoms with Crippen LogP contribution in [0.3, 0.4) is 0 Å². The molecule has 0 saturated heterocycles. The standard InChI is InChI=1S/C8H6N2O3/c9-8(12)10-6-4-2-1-3-5(6)7(11)13-10/h1-4H,(H2,9,12). The zero-order valence-electron chi connectivity index (χ0n) is 6.56. The lowest BCUT2D eigenvalue weighted by molar-refractivity contribution is 0.219. The molecule has 5 heteroatoms. The van der Waals surface area contributed by atoms with Gasteiger partial charge in [0.15, 0.2) is 0 Å². The summed E-state index contributed by atoms with van der Waals surface area (Å²) in [6.07, 6.45) is 0. The Labute approximate surface area is 72.3 Å². The van der Waals surface area contributed by atoms with Crippen molar-refractivity contribution in [1.82, 2.24) is 4.74 Å². The zero-order chi connectivity index (χ0) is 9.42. The highest BCUT2D eigenvalue weighted by Crippen LogP contribution is 2.09. The Morgan fingerprint density at radius 3 is 2.77 bits per heavy atom. The van der Waals surface area contributed by atoms with Crippen molar-refractivity contribution in [2.75, 3.05) is 0 Å². The summed E-state index contributed by atoms with van der Waals surface area (Å²) in [6.45, 7) is 0. The van der Waals surface area contributed by atoms with Gasteiger partial charge in [-0.05, 0) is 12.1 Å². The van der Waals surface area contributed by atoms with Crippen molar-refractivity contribution < 1.29 is 9.32 Å². The van der Waals surface area contributed by atoms with Crippen LogP contribution in [0.25, 0.3) is 10.9 Å². The number of hydrogen-bond donors (Lipinski definition) is 1. The molecule has 1 heterocycles. The van der Waals surface area contributed by atoms with E-state index in [1.165, 1.54) is 0 Å². The lowest BCUT2D eigenvalue weighted by Gasteiger charge is -1.92. The normalized spacial score (nSPS) is 10.5. The van der Waals surface area contributed by atoms with Gasteiger partial charge in [0.25, 0.3) is 0 Å². The minimum absolute atomic E-state index is 0.348. The average molecular weight is 178 g/mol. The fraction of sp³-hybridized carbons (Fsp3) is 0. The second-order valence-electron chi connectivity index (χ2n) is 2.53. The van der Waals surface area contributed by atoms with E-state index >= 15 is 0 Å². The number of aromatic nitrogens is 1. The van der Waals surface area contributed by atoms with Gasteiger partial charge in [0.05, 0.1) is 5.39 Å². The summed E-state index contributed by atoms with van der Waals surface area (Å²) in [5.74, 6) is 0. The van der Waals surface area contributed by atoms with Crippen LogP contribution in [0.5, 0.6) is 0 Å². The molecule has 5 nitrogen and oxygen atoms in total. The molecule has 0 spiro atoms. The number of carbonyl (C=O) groups excluding carboxylic acids is 1. The third-order valence-corrected chi connectivity index (χ3v) is 1.72. The summed E-state index contributed by atoms with van der Waals surface area (Å²) < 4.78 is 5.39. The second-order valence-corrected chi connectivity index (χ2v) is 2.53. The number of nitrogens with zero attached hydrogens (tertiary/aromatic N) is 1. The van der Waals surface area contributed by atoms with Crippen LogP contribution >= 0.6 is 0 Å². The van der Waals surface area contributed by atoms with Crippen molar-refractivity contribution in [2.45, 2.75) is 0 Å². The molecule has 0 aliphatic heterocycles. The summed E-state index contributed by atoms with van der Waals surface area (Å²) in [5.41, 5.74) is 4.81. The lowest BCUT2D eigenvalue weighted by Crippen LogP contribution is -2.18. The van der Waals surface area contributed by atoms with E-state index in [0.717, 1.165) is 4.74 Å². The molecule has 0 aliphatic rings. The van der Waals surface area contributed by atoms with Gasteiger partial charge in [-0.25, -0.2) is 9.59 Å². The summed E-state index contributed by atoms with van der Waals surface area (Å²) in [4.78, 5) is 21.9. The number of amides is 1. The first-order chi connectivity index (χ1) is 6.20. The van der Waals surface area contributed by atoms with Gasteiger partial charge in [0.2, 0.25) is 0 Å².